The molecule has 1 saturated heterocycles. The molecule has 1 aliphatic rings. The highest BCUT2D eigenvalue weighted by Crippen LogP contribution is 2.33. The fourth-order valence-corrected chi connectivity index (χ4v) is 4.25. The Bertz CT molecular complexity index is 1390. The first-order chi connectivity index (χ1) is 17.0. The van der Waals surface area contributed by atoms with Crippen molar-refractivity contribution in [1.29, 1.82) is 0 Å². The fraction of sp³-hybridized carbons (Fsp3) is 0.185. The lowest BCUT2D eigenvalue weighted by Gasteiger charge is -2.36. The first-order valence-corrected chi connectivity index (χ1v) is 11.3. The van der Waals surface area contributed by atoms with Gasteiger partial charge >= 0.3 is 0 Å². The van der Waals surface area contributed by atoms with Crippen LogP contribution in [-0.4, -0.2) is 50.0 Å². The first-order valence-electron chi connectivity index (χ1n) is 11.3. The number of rotatable bonds is 5. The number of ether oxygens (including phenoxy) is 1. The summed E-state index contributed by atoms with van der Waals surface area (Å²) in [6, 6.07) is 20.3. The van der Waals surface area contributed by atoms with Gasteiger partial charge in [0.1, 0.15) is 22.8 Å². The summed E-state index contributed by atoms with van der Waals surface area (Å²) in [6.45, 7) is 2.27. The van der Waals surface area contributed by atoms with Gasteiger partial charge in [-0.1, -0.05) is 24.3 Å². The zero-order valence-electron chi connectivity index (χ0n) is 19.2. The first kappa shape index (κ1) is 22.5. The molecule has 8 heteroatoms. The maximum atomic E-state index is 13.6. The highest BCUT2D eigenvalue weighted by molar-refractivity contribution is 6.14. The van der Waals surface area contributed by atoms with E-state index in [-0.39, 0.29) is 22.9 Å². The van der Waals surface area contributed by atoms with Crippen LogP contribution in [0.15, 0.2) is 77.2 Å². The predicted molar refractivity (Wildman–Crippen MR) is 132 cm³/mol. The number of piperazine rings is 1. The molecule has 3 aromatic carbocycles. The molecule has 35 heavy (non-hydrogen) atoms. The van der Waals surface area contributed by atoms with Crippen molar-refractivity contribution in [3.05, 3.63) is 89.9 Å². The maximum Gasteiger partial charge on any atom is 0.291 e. The number of fused-ring (bicyclic) bond motifs is 1. The minimum absolute atomic E-state index is 0.0609. The molecule has 0 saturated carbocycles. The number of carbonyl (C=O) groups is 2. The Kier molecular flexibility index (Phi) is 6.10. The Hall–Kier alpha value is -4.33. The molecule has 7 nitrogen and oxygen atoms in total. The molecule has 0 radical (unpaired) electrons. The van der Waals surface area contributed by atoms with Gasteiger partial charge in [0, 0.05) is 48.9 Å². The highest BCUT2D eigenvalue weighted by Gasteiger charge is 2.29. The van der Waals surface area contributed by atoms with Crippen LogP contribution < -0.4 is 15.0 Å². The lowest BCUT2D eigenvalue weighted by atomic mass is 10.1. The second-order valence-corrected chi connectivity index (χ2v) is 8.25. The second kappa shape index (κ2) is 9.50. The number of furan rings is 1. The molecule has 0 spiro atoms. The van der Waals surface area contributed by atoms with E-state index in [9.17, 15) is 14.0 Å². The summed E-state index contributed by atoms with van der Waals surface area (Å²) in [4.78, 5) is 30.2. The third-order valence-electron chi connectivity index (χ3n) is 6.10. The number of halogens is 1. The van der Waals surface area contributed by atoms with E-state index in [1.807, 2.05) is 24.3 Å². The molecule has 0 aliphatic carbocycles. The summed E-state index contributed by atoms with van der Waals surface area (Å²) in [5, 5.41) is 3.38. The molecule has 1 aromatic heterocycles. The molecule has 1 aliphatic heterocycles. The van der Waals surface area contributed by atoms with Gasteiger partial charge < -0.3 is 24.3 Å². The number of anilines is 2. The van der Waals surface area contributed by atoms with Crippen molar-refractivity contribution in [3.8, 4) is 5.75 Å². The Morgan fingerprint density at radius 3 is 2.49 bits per heavy atom. The highest BCUT2D eigenvalue weighted by atomic mass is 19.1. The average molecular weight is 474 g/mol. The second-order valence-electron chi connectivity index (χ2n) is 8.25. The lowest BCUT2D eigenvalue weighted by Crippen LogP contribution is -2.48. The predicted octanol–water partition coefficient (Wildman–Crippen LogP) is 4.80. The topological polar surface area (TPSA) is 75.0 Å². The summed E-state index contributed by atoms with van der Waals surface area (Å²) in [6.07, 6.45) is 0. The number of benzene rings is 3. The molecule has 5 rings (SSSR count). The van der Waals surface area contributed by atoms with E-state index in [4.69, 9.17) is 9.15 Å². The normalized spacial score (nSPS) is 13.7. The molecule has 2 amide bonds. The Balaban J connectivity index is 1.37. The average Bonchev–Trinajstić information content (AvgIpc) is 3.26. The quantitative estimate of drug-likeness (QED) is 0.451. The van der Waals surface area contributed by atoms with Gasteiger partial charge in [-0.3, -0.25) is 9.59 Å². The van der Waals surface area contributed by atoms with E-state index < -0.39 is 11.7 Å². The van der Waals surface area contributed by atoms with Gasteiger partial charge in [0.2, 0.25) is 5.76 Å². The van der Waals surface area contributed by atoms with E-state index >= 15 is 0 Å². The van der Waals surface area contributed by atoms with E-state index in [1.165, 1.54) is 18.2 Å². The fourth-order valence-electron chi connectivity index (χ4n) is 4.25. The van der Waals surface area contributed by atoms with Gasteiger partial charge in [-0.25, -0.2) is 4.39 Å². The molecular weight excluding hydrogens is 449 g/mol. The smallest absolute Gasteiger partial charge is 0.291 e. The SMILES string of the molecule is COc1cccc(N2CCN(C(=O)c3oc4ccccc4c3NC(=O)c3cccc(F)c3)CC2)c1. The molecular formula is C27H24FN3O4. The number of methoxy groups -OCH3 is 1. The van der Waals surface area contributed by atoms with Gasteiger partial charge in [-0.2, -0.15) is 0 Å². The van der Waals surface area contributed by atoms with Crippen LogP contribution in [0, 0.1) is 5.82 Å². The molecule has 1 fully saturated rings. The van der Waals surface area contributed by atoms with E-state index in [0.29, 0.717) is 37.1 Å². The molecule has 0 unspecified atom stereocenters. The molecule has 2 heterocycles. The zero-order chi connectivity index (χ0) is 24.4. The number of hydrogen-bond donors (Lipinski definition) is 1. The van der Waals surface area contributed by atoms with Crippen LogP contribution in [-0.2, 0) is 0 Å². The molecule has 178 valence electrons. The molecule has 0 atom stereocenters. The van der Waals surface area contributed by atoms with Crippen molar-refractivity contribution in [2.75, 3.05) is 43.5 Å². The number of carbonyl (C=O) groups excluding carboxylic acids is 2. The van der Waals surface area contributed by atoms with Crippen molar-refractivity contribution in [2.45, 2.75) is 0 Å². The summed E-state index contributed by atoms with van der Waals surface area (Å²) in [5.74, 6) is -0.498. The largest absolute Gasteiger partial charge is 0.497 e. The van der Waals surface area contributed by atoms with Crippen molar-refractivity contribution < 1.29 is 23.1 Å². The van der Waals surface area contributed by atoms with E-state index in [2.05, 4.69) is 10.2 Å². The van der Waals surface area contributed by atoms with E-state index in [1.54, 1.807) is 36.3 Å². The number of para-hydroxylation sites is 1. The van der Waals surface area contributed by atoms with Crippen molar-refractivity contribution in [1.82, 2.24) is 4.90 Å². The standard InChI is InChI=1S/C27H24FN3O4/c1-34-21-9-5-8-20(17-21)30-12-14-31(15-13-30)27(33)25-24(22-10-2-3-11-23(22)35-25)29-26(32)18-6-4-7-19(28)16-18/h2-11,16-17H,12-15H2,1H3,(H,29,32). The monoisotopic (exact) mass is 473 g/mol. The number of nitrogens with zero attached hydrogens (tertiary/aromatic N) is 2. The van der Waals surface area contributed by atoms with Crippen LogP contribution in [0.25, 0.3) is 11.0 Å². The van der Waals surface area contributed by atoms with Crippen molar-refractivity contribution in [2.24, 2.45) is 0 Å². The minimum atomic E-state index is -0.520. The Morgan fingerprint density at radius 1 is 0.943 bits per heavy atom. The van der Waals surface area contributed by atoms with E-state index in [0.717, 1.165) is 17.5 Å². The number of nitrogens with one attached hydrogen (secondary N) is 1. The van der Waals surface area contributed by atoms with Gasteiger partial charge in [0.15, 0.2) is 0 Å². The third kappa shape index (κ3) is 4.55. The number of hydrogen-bond acceptors (Lipinski definition) is 5. The van der Waals surface area contributed by atoms with Crippen LogP contribution in [0.1, 0.15) is 20.9 Å². The van der Waals surface area contributed by atoms with Gasteiger partial charge in [0.05, 0.1) is 7.11 Å². The number of amides is 2. The molecule has 0 bridgehead atoms. The molecule has 1 N–H and O–H groups in total. The van der Waals surface area contributed by atoms with Gasteiger partial charge in [0.25, 0.3) is 11.8 Å². The van der Waals surface area contributed by atoms with Crippen molar-refractivity contribution >= 4 is 34.2 Å². The van der Waals surface area contributed by atoms with Crippen LogP contribution in [0.5, 0.6) is 5.75 Å². The zero-order valence-corrected chi connectivity index (χ0v) is 19.2. The Morgan fingerprint density at radius 2 is 1.71 bits per heavy atom. The van der Waals surface area contributed by atoms with Crippen LogP contribution in [0.3, 0.4) is 0 Å². The third-order valence-corrected chi connectivity index (χ3v) is 6.10. The maximum absolute atomic E-state index is 13.6. The van der Waals surface area contributed by atoms with Crippen LogP contribution in [0.2, 0.25) is 0 Å². The summed E-state index contributed by atoms with van der Waals surface area (Å²) in [7, 11) is 1.63. The molecule has 4 aromatic rings. The van der Waals surface area contributed by atoms with Gasteiger partial charge in [-0.05, 0) is 42.5 Å². The van der Waals surface area contributed by atoms with Crippen LogP contribution >= 0.6 is 0 Å². The van der Waals surface area contributed by atoms with Gasteiger partial charge in [-0.15, -0.1) is 0 Å². The summed E-state index contributed by atoms with van der Waals surface area (Å²) >= 11 is 0. The summed E-state index contributed by atoms with van der Waals surface area (Å²) < 4.78 is 24.9. The van der Waals surface area contributed by atoms with Crippen LogP contribution in [0.4, 0.5) is 15.8 Å². The lowest BCUT2D eigenvalue weighted by molar-refractivity contribution is 0.0718. The summed E-state index contributed by atoms with van der Waals surface area (Å²) in [5.41, 5.74) is 1.96. The van der Waals surface area contributed by atoms with Crippen molar-refractivity contribution in [3.63, 3.8) is 0 Å². The minimum Gasteiger partial charge on any atom is -0.497 e. The Labute approximate surface area is 201 Å².